The molecule has 1 saturated heterocycles. The van der Waals surface area contributed by atoms with Gasteiger partial charge in [0.1, 0.15) is 5.82 Å². The Balaban J connectivity index is 2.09. The first-order valence-corrected chi connectivity index (χ1v) is 6.13. The maximum atomic E-state index is 13.2. The second-order valence-electron chi connectivity index (χ2n) is 4.98. The minimum absolute atomic E-state index is 0.0386. The molecular formula is C13H13F6N. The molecule has 0 radical (unpaired) electrons. The second-order valence-corrected chi connectivity index (χ2v) is 4.98. The summed E-state index contributed by atoms with van der Waals surface area (Å²) in [4.78, 5) is 1.60. The second kappa shape index (κ2) is 5.27. The van der Waals surface area contributed by atoms with Crippen LogP contribution in [0.3, 0.4) is 0 Å². The van der Waals surface area contributed by atoms with Crippen LogP contribution in [0.15, 0.2) is 18.2 Å². The van der Waals surface area contributed by atoms with E-state index < -0.39 is 23.5 Å². The number of nitrogens with zero attached hydrogens (tertiary/aromatic N) is 1. The molecule has 0 N–H and O–H groups in total. The van der Waals surface area contributed by atoms with Gasteiger partial charge < -0.3 is 0 Å². The molecule has 1 aliphatic rings. The number of rotatable bonds is 2. The monoisotopic (exact) mass is 297 g/mol. The summed E-state index contributed by atoms with van der Waals surface area (Å²) in [5.41, 5.74) is -0.919. The third-order valence-corrected chi connectivity index (χ3v) is 3.28. The molecule has 112 valence electrons. The Morgan fingerprint density at radius 2 is 1.65 bits per heavy atom. The van der Waals surface area contributed by atoms with Crippen molar-refractivity contribution in [2.45, 2.75) is 31.5 Å². The lowest BCUT2D eigenvalue weighted by Crippen LogP contribution is -2.38. The van der Waals surface area contributed by atoms with Crippen molar-refractivity contribution < 1.29 is 26.3 Å². The van der Waals surface area contributed by atoms with Gasteiger partial charge in [0, 0.05) is 32.5 Å². The van der Waals surface area contributed by atoms with Gasteiger partial charge in [0.15, 0.2) is 0 Å². The largest absolute Gasteiger partial charge is 0.416 e. The van der Waals surface area contributed by atoms with Crippen LogP contribution >= 0.6 is 0 Å². The van der Waals surface area contributed by atoms with E-state index in [-0.39, 0.29) is 38.0 Å². The van der Waals surface area contributed by atoms with Gasteiger partial charge in [0.05, 0.1) is 5.56 Å². The number of piperidine rings is 1. The average Bonchev–Trinajstić information content (AvgIpc) is 2.30. The van der Waals surface area contributed by atoms with Crippen LogP contribution in [0.1, 0.15) is 24.0 Å². The summed E-state index contributed by atoms with van der Waals surface area (Å²) in [5.74, 6) is -3.69. The van der Waals surface area contributed by atoms with E-state index in [1.165, 1.54) is 0 Å². The summed E-state index contributed by atoms with van der Waals surface area (Å²) >= 11 is 0. The molecule has 7 heteroatoms. The summed E-state index contributed by atoms with van der Waals surface area (Å²) in [6, 6.07) is 2.28. The number of halogens is 6. The minimum atomic E-state index is -4.62. The lowest BCUT2D eigenvalue weighted by atomic mass is 10.0. The molecule has 0 spiro atoms. The summed E-state index contributed by atoms with van der Waals surface area (Å²) in [7, 11) is 0. The maximum absolute atomic E-state index is 13.2. The van der Waals surface area contributed by atoms with Crippen LogP contribution in [-0.4, -0.2) is 23.9 Å². The number of hydrogen-bond acceptors (Lipinski definition) is 1. The third-order valence-electron chi connectivity index (χ3n) is 3.28. The van der Waals surface area contributed by atoms with Gasteiger partial charge >= 0.3 is 6.18 Å². The molecule has 0 aromatic heterocycles. The van der Waals surface area contributed by atoms with Crippen molar-refractivity contribution in [2.75, 3.05) is 13.1 Å². The van der Waals surface area contributed by atoms with Crippen molar-refractivity contribution in [3.8, 4) is 0 Å². The zero-order chi connectivity index (χ0) is 15.0. The fourth-order valence-electron chi connectivity index (χ4n) is 2.20. The van der Waals surface area contributed by atoms with E-state index in [4.69, 9.17) is 0 Å². The van der Waals surface area contributed by atoms with Crippen molar-refractivity contribution in [2.24, 2.45) is 0 Å². The SMILES string of the molecule is Fc1cc(CN2CCC(F)(F)CC2)cc(C(F)(F)F)c1. The molecule has 1 aromatic rings. The Morgan fingerprint density at radius 1 is 1.05 bits per heavy atom. The van der Waals surface area contributed by atoms with Gasteiger partial charge in [-0.2, -0.15) is 13.2 Å². The topological polar surface area (TPSA) is 3.24 Å². The molecule has 1 nitrogen and oxygen atoms in total. The summed E-state index contributed by atoms with van der Waals surface area (Å²) in [6.45, 7) is 0.215. The van der Waals surface area contributed by atoms with E-state index in [9.17, 15) is 26.3 Å². The Kier molecular flexibility index (Phi) is 4.00. The van der Waals surface area contributed by atoms with Gasteiger partial charge in [-0.15, -0.1) is 0 Å². The molecule has 0 bridgehead atoms. The highest BCUT2D eigenvalue weighted by Crippen LogP contribution is 2.32. The number of likely N-dealkylation sites (tertiary alicyclic amines) is 1. The Labute approximate surface area is 112 Å². The van der Waals surface area contributed by atoms with Crippen molar-refractivity contribution in [1.29, 1.82) is 0 Å². The molecule has 1 heterocycles. The maximum Gasteiger partial charge on any atom is 0.416 e. The fraction of sp³-hybridized carbons (Fsp3) is 0.538. The quantitative estimate of drug-likeness (QED) is 0.744. The van der Waals surface area contributed by atoms with Crippen molar-refractivity contribution in [1.82, 2.24) is 4.90 Å². The molecular weight excluding hydrogens is 284 g/mol. The Bertz CT molecular complexity index is 472. The van der Waals surface area contributed by atoms with E-state index in [1.54, 1.807) is 4.90 Å². The average molecular weight is 297 g/mol. The molecule has 1 aromatic carbocycles. The highest BCUT2D eigenvalue weighted by atomic mass is 19.4. The Morgan fingerprint density at radius 3 is 2.20 bits per heavy atom. The normalized spacial score (nSPS) is 20.1. The first kappa shape index (κ1) is 15.2. The molecule has 1 fully saturated rings. The summed E-state index contributed by atoms with van der Waals surface area (Å²) < 4.78 is 76.8. The van der Waals surface area contributed by atoms with Crippen LogP contribution in [0, 0.1) is 5.82 Å². The fourth-order valence-corrected chi connectivity index (χ4v) is 2.20. The van der Waals surface area contributed by atoms with Gasteiger partial charge in [0.2, 0.25) is 0 Å². The zero-order valence-electron chi connectivity index (χ0n) is 10.5. The molecule has 2 rings (SSSR count). The predicted molar refractivity (Wildman–Crippen MR) is 60.9 cm³/mol. The number of alkyl halides is 5. The smallest absolute Gasteiger partial charge is 0.299 e. The van der Waals surface area contributed by atoms with Gasteiger partial charge in [-0.05, 0) is 23.8 Å². The van der Waals surface area contributed by atoms with Crippen LogP contribution < -0.4 is 0 Å². The lowest BCUT2D eigenvalue weighted by molar-refractivity contribution is -0.137. The van der Waals surface area contributed by atoms with Crippen LogP contribution in [-0.2, 0) is 12.7 Å². The molecule has 0 atom stereocenters. The van der Waals surface area contributed by atoms with E-state index in [2.05, 4.69) is 0 Å². The van der Waals surface area contributed by atoms with Crippen molar-refractivity contribution in [3.05, 3.63) is 35.1 Å². The highest BCUT2D eigenvalue weighted by molar-refractivity contribution is 5.26. The third kappa shape index (κ3) is 3.88. The number of benzene rings is 1. The van der Waals surface area contributed by atoms with Crippen LogP contribution in [0.2, 0.25) is 0 Å². The van der Waals surface area contributed by atoms with Gasteiger partial charge in [-0.1, -0.05) is 0 Å². The molecule has 1 aliphatic heterocycles. The van der Waals surface area contributed by atoms with E-state index >= 15 is 0 Å². The number of hydrogen-bond donors (Lipinski definition) is 0. The summed E-state index contributed by atoms with van der Waals surface area (Å²) in [6.07, 6.45) is -5.27. The molecule has 0 saturated carbocycles. The van der Waals surface area contributed by atoms with E-state index in [0.717, 1.165) is 12.1 Å². The van der Waals surface area contributed by atoms with Crippen molar-refractivity contribution in [3.63, 3.8) is 0 Å². The predicted octanol–water partition coefficient (Wildman–Crippen LogP) is 4.08. The standard InChI is InChI=1S/C13H13F6N/c14-11-6-9(5-10(7-11)13(17,18)19)8-20-3-1-12(15,16)2-4-20/h5-7H,1-4,8H2. The molecule has 0 unspecified atom stereocenters. The van der Waals surface area contributed by atoms with Gasteiger partial charge in [-0.25, -0.2) is 13.2 Å². The van der Waals surface area contributed by atoms with Gasteiger partial charge in [-0.3, -0.25) is 4.90 Å². The van der Waals surface area contributed by atoms with Crippen molar-refractivity contribution >= 4 is 0 Å². The minimum Gasteiger partial charge on any atom is -0.299 e. The van der Waals surface area contributed by atoms with E-state index in [1.807, 2.05) is 0 Å². The lowest BCUT2D eigenvalue weighted by Gasteiger charge is -2.31. The summed E-state index contributed by atoms with van der Waals surface area (Å²) in [5, 5.41) is 0. The highest BCUT2D eigenvalue weighted by Gasteiger charge is 2.34. The van der Waals surface area contributed by atoms with Crippen LogP contribution in [0.25, 0.3) is 0 Å². The van der Waals surface area contributed by atoms with Crippen LogP contribution in [0.4, 0.5) is 26.3 Å². The first-order chi connectivity index (χ1) is 9.16. The molecule has 0 aliphatic carbocycles. The van der Waals surface area contributed by atoms with Gasteiger partial charge in [0.25, 0.3) is 5.92 Å². The molecule has 0 amide bonds. The van der Waals surface area contributed by atoms with E-state index in [0.29, 0.717) is 6.07 Å². The Hall–Kier alpha value is -1.24. The molecule has 20 heavy (non-hydrogen) atoms. The van der Waals surface area contributed by atoms with Crippen LogP contribution in [0.5, 0.6) is 0 Å². The first-order valence-electron chi connectivity index (χ1n) is 6.13. The zero-order valence-corrected chi connectivity index (χ0v) is 10.5.